The average Bonchev–Trinajstić information content (AvgIpc) is 2.88. The van der Waals surface area contributed by atoms with Crippen LogP contribution in [0.4, 0.5) is 0 Å². The molecule has 22 heavy (non-hydrogen) atoms. The summed E-state index contributed by atoms with van der Waals surface area (Å²) >= 11 is 0. The molecule has 2 N–H and O–H groups in total. The number of carbonyl (C=O) groups is 2. The number of hydrogen-bond acceptors (Lipinski definition) is 2. The van der Waals surface area contributed by atoms with Gasteiger partial charge in [0.05, 0.1) is 5.56 Å². The van der Waals surface area contributed by atoms with Gasteiger partial charge in [-0.2, -0.15) is 0 Å². The SMILES string of the molecule is Cc1[nH]c2ccccc2c1C(=O)C(=O)NCC1CCCCC1. The number of ketones is 1. The lowest BCUT2D eigenvalue weighted by atomic mass is 9.89. The zero-order chi connectivity index (χ0) is 15.5. The Morgan fingerprint density at radius 2 is 1.91 bits per heavy atom. The summed E-state index contributed by atoms with van der Waals surface area (Å²) in [6.07, 6.45) is 6.06. The zero-order valence-corrected chi connectivity index (χ0v) is 12.9. The van der Waals surface area contributed by atoms with Gasteiger partial charge in [-0.25, -0.2) is 0 Å². The van der Waals surface area contributed by atoms with Gasteiger partial charge in [0.15, 0.2) is 0 Å². The lowest BCUT2D eigenvalue weighted by Crippen LogP contribution is -2.35. The Kier molecular flexibility index (Phi) is 4.27. The molecule has 1 aromatic heterocycles. The van der Waals surface area contributed by atoms with Crippen molar-refractivity contribution in [2.45, 2.75) is 39.0 Å². The molecule has 4 nitrogen and oxygen atoms in total. The van der Waals surface area contributed by atoms with Gasteiger partial charge in [0.2, 0.25) is 0 Å². The normalized spacial score (nSPS) is 15.9. The third kappa shape index (κ3) is 2.91. The van der Waals surface area contributed by atoms with Crippen molar-refractivity contribution in [2.75, 3.05) is 6.54 Å². The van der Waals surface area contributed by atoms with Crippen LogP contribution in [-0.4, -0.2) is 23.2 Å². The van der Waals surface area contributed by atoms with Crippen LogP contribution in [0.25, 0.3) is 10.9 Å². The summed E-state index contributed by atoms with van der Waals surface area (Å²) in [5, 5.41) is 3.65. The van der Waals surface area contributed by atoms with Crippen LogP contribution in [0, 0.1) is 12.8 Å². The van der Waals surface area contributed by atoms with Crippen LogP contribution in [0.1, 0.15) is 48.2 Å². The number of aromatic nitrogens is 1. The number of benzene rings is 1. The lowest BCUT2D eigenvalue weighted by molar-refractivity contribution is -0.117. The van der Waals surface area contributed by atoms with Crippen molar-refractivity contribution in [3.8, 4) is 0 Å². The highest BCUT2D eigenvalue weighted by molar-refractivity contribution is 6.45. The first-order valence-corrected chi connectivity index (χ1v) is 8.06. The molecule has 1 fully saturated rings. The Bertz CT molecular complexity index is 696. The highest BCUT2D eigenvalue weighted by Gasteiger charge is 2.23. The van der Waals surface area contributed by atoms with Crippen molar-refractivity contribution in [1.29, 1.82) is 0 Å². The molecular weight excluding hydrogens is 276 g/mol. The summed E-state index contributed by atoms with van der Waals surface area (Å²) in [5.41, 5.74) is 2.14. The van der Waals surface area contributed by atoms with Crippen molar-refractivity contribution in [3.63, 3.8) is 0 Å². The number of aryl methyl sites for hydroxylation is 1. The zero-order valence-electron chi connectivity index (χ0n) is 12.9. The van der Waals surface area contributed by atoms with Crippen molar-refractivity contribution in [2.24, 2.45) is 5.92 Å². The molecule has 1 aliphatic carbocycles. The molecule has 1 amide bonds. The van der Waals surface area contributed by atoms with Crippen molar-refractivity contribution >= 4 is 22.6 Å². The predicted octanol–water partition coefficient (Wildman–Crippen LogP) is 3.36. The summed E-state index contributed by atoms with van der Waals surface area (Å²) < 4.78 is 0. The molecule has 0 radical (unpaired) electrons. The Hall–Kier alpha value is -2.10. The first-order valence-electron chi connectivity index (χ1n) is 8.06. The lowest BCUT2D eigenvalue weighted by Gasteiger charge is -2.21. The molecule has 1 aliphatic rings. The van der Waals surface area contributed by atoms with Crippen molar-refractivity contribution < 1.29 is 9.59 Å². The van der Waals surface area contributed by atoms with E-state index in [4.69, 9.17) is 0 Å². The van der Waals surface area contributed by atoms with Gasteiger partial charge < -0.3 is 10.3 Å². The van der Waals surface area contributed by atoms with Gasteiger partial charge >= 0.3 is 0 Å². The monoisotopic (exact) mass is 298 g/mol. The number of carbonyl (C=O) groups excluding carboxylic acids is 2. The van der Waals surface area contributed by atoms with E-state index >= 15 is 0 Å². The molecule has 3 rings (SSSR count). The molecule has 1 heterocycles. The van der Waals surface area contributed by atoms with Gasteiger partial charge in [0, 0.05) is 23.1 Å². The smallest absolute Gasteiger partial charge is 0.292 e. The van der Waals surface area contributed by atoms with Crippen LogP contribution in [-0.2, 0) is 4.79 Å². The summed E-state index contributed by atoms with van der Waals surface area (Å²) in [6, 6.07) is 7.58. The van der Waals surface area contributed by atoms with Gasteiger partial charge in [0.1, 0.15) is 0 Å². The molecule has 0 atom stereocenters. The average molecular weight is 298 g/mol. The number of amides is 1. The second kappa shape index (κ2) is 6.34. The first-order chi connectivity index (χ1) is 10.7. The number of fused-ring (bicyclic) bond motifs is 1. The van der Waals surface area contributed by atoms with E-state index in [0.717, 1.165) is 29.4 Å². The van der Waals surface area contributed by atoms with Crippen LogP contribution in [0.2, 0.25) is 0 Å². The minimum Gasteiger partial charge on any atom is -0.358 e. The number of H-pyrrole nitrogens is 1. The van der Waals surface area contributed by atoms with Crippen LogP contribution >= 0.6 is 0 Å². The molecule has 0 unspecified atom stereocenters. The van der Waals surface area contributed by atoms with E-state index in [2.05, 4.69) is 10.3 Å². The molecule has 0 spiro atoms. The highest BCUT2D eigenvalue weighted by Crippen LogP contribution is 2.24. The highest BCUT2D eigenvalue weighted by atomic mass is 16.2. The minimum atomic E-state index is -0.488. The van der Waals surface area contributed by atoms with E-state index in [1.165, 1.54) is 19.3 Å². The van der Waals surface area contributed by atoms with Crippen LogP contribution in [0.15, 0.2) is 24.3 Å². The van der Waals surface area contributed by atoms with Gasteiger partial charge in [-0.15, -0.1) is 0 Å². The molecule has 4 heteroatoms. The maximum absolute atomic E-state index is 12.5. The van der Waals surface area contributed by atoms with E-state index in [1.807, 2.05) is 31.2 Å². The second-order valence-electron chi connectivity index (χ2n) is 6.21. The van der Waals surface area contributed by atoms with E-state index in [1.54, 1.807) is 0 Å². The van der Waals surface area contributed by atoms with Crippen molar-refractivity contribution in [1.82, 2.24) is 10.3 Å². The van der Waals surface area contributed by atoms with E-state index in [0.29, 0.717) is 18.0 Å². The third-order valence-corrected chi connectivity index (χ3v) is 4.60. The van der Waals surface area contributed by atoms with Crippen LogP contribution < -0.4 is 5.32 Å². The quantitative estimate of drug-likeness (QED) is 0.671. The summed E-state index contributed by atoms with van der Waals surface area (Å²) in [7, 11) is 0. The molecule has 0 saturated heterocycles. The van der Waals surface area contributed by atoms with E-state index in [-0.39, 0.29) is 0 Å². The number of Topliss-reactive ketones (excluding diaryl/α,β-unsaturated/α-hetero) is 1. The number of aromatic amines is 1. The number of rotatable bonds is 4. The fraction of sp³-hybridized carbons (Fsp3) is 0.444. The van der Waals surface area contributed by atoms with Gasteiger partial charge in [-0.1, -0.05) is 37.5 Å². The fourth-order valence-corrected chi connectivity index (χ4v) is 3.39. The molecule has 2 aromatic rings. The number of para-hydroxylation sites is 1. The fourth-order valence-electron chi connectivity index (χ4n) is 3.39. The summed E-state index contributed by atoms with van der Waals surface area (Å²) in [5.74, 6) is -0.404. The van der Waals surface area contributed by atoms with Crippen molar-refractivity contribution in [3.05, 3.63) is 35.5 Å². The molecule has 116 valence electrons. The number of hydrogen-bond donors (Lipinski definition) is 2. The Morgan fingerprint density at radius 1 is 1.18 bits per heavy atom. The Labute approximate surface area is 130 Å². The van der Waals surface area contributed by atoms with E-state index in [9.17, 15) is 9.59 Å². The third-order valence-electron chi connectivity index (χ3n) is 4.60. The largest absolute Gasteiger partial charge is 0.358 e. The van der Waals surface area contributed by atoms with E-state index < -0.39 is 11.7 Å². The topological polar surface area (TPSA) is 62.0 Å². The standard InChI is InChI=1S/C18H22N2O2/c1-12-16(14-9-5-6-10-15(14)20-12)17(21)18(22)19-11-13-7-3-2-4-8-13/h5-6,9-10,13,20H,2-4,7-8,11H2,1H3,(H,19,22). The first kappa shape index (κ1) is 14.8. The van der Waals surface area contributed by atoms with Gasteiger partial charge in [-0.3, -0.25) is 9.59 Å². The maximum atomic E-state index is 12.5. The number of nitrogens with one attached hydrogen (secondary N) is 2. The summed E-state index contributed by atoms with van der Waals surface area (Å²) in [4.78, 5) is 27.9. The van der Waals surface area contributed by atoms with Gasteiger partial charge in [-0.05, 0) is 31.7 Å². The maximum Gasteiger partial charge on any atom is 0.292 e. The predicted molar refractivity (Wildman–Crippen MR) is 87.0 cm³/mol. The Balaban J connectivity index is 1.71. The molecule has 0 aliphatic heterocycles. The molecule has 1 saturated carbocycles. The molecule has 0 bridgehead atoms. The Morgan fingerprint density at radius 3 is 2.68 bits per heavy atom. The molecule has 1 aromatic carbocycles. The van der Waals surface area contributed by atoms with Crippen LogP contribution in [0.3, 0.4) is 0 Å². The molecular formula is C18H22N2O2. The minimum absolute atomic E-state index is 0.439. The summed E-state index contributed by atoms with van der Waals surface area (Å²) in [6.45, 7) is 2.45. The second-order valence-corrected chi connectivity index (χ2v) is 6.21. The van der Waals surface area contributed by atoms with Crippen LogP contribution in [0.5, 0.6) is 0 Å². The van der Waals surface area contributed by atoms with Gasteiger partial charge in [0.25, 0.3) is 11.7 Å².